The molecule has 0 aromatic heterocycles. The van der Waals surface area contributed by atoms with Crippen LogP contribution in [-0.2, 0) is 0 Å². The zero-order valence-corrected chi connectivity index (χ0v) is 9.71. The Kier molecular flexibility index (Phi) is 2.71. The van der Waals surface area contributed by atoms with E-state index in [4.69, 9.17) is 0 Å². The van der Waals surface area contributed by atoms with E-state index in [0.29, 0.717) is 26.3 Å². The van der Waals surface area contributed by atoms with Crippen molar-refractivity contribution in [2.75, 3.05) is 0 Å². The summed E-state index contributed by atoms with van der Waals surface area (Å²) in [5.41, 5.74) is 6.46. The topological polar surface area (TPSA) is 0 Å². The fraction of sp³-hybridized carbons (Fsp3) is 0. The molecule has 0 spiro atoms. The minimum absolute atomic E-state index is 0.599. The average molecular weight is 284 g/mol. The first-order valence-corrected chi connectivity index (χ1v) is 9.61. The standard InChI is InChI=1S/C10H6Se2/c1-2-6-9(5-1)11-12-10-7-3-4-8-10/h1-5,7H. The fourth-order valence-corrected chi connectivity index (χ4v) is 6.47. The van der Waals surface area contributed by atoms with E-state index in [1.165, 1.54) is 8.94 Å². The maximum atomic E-state index is 3.23. The van der Waals surface area contributed by atoms with Gasteiger partial charge in [-0.2, -0.15) is 0 Å². The maximum absolute atomic E-state index is 3.23. The van der Waals surface area contributed by atoms with Gasteiger partial charge in [0.25, 0.3) is 0 Å². The van der Waals surface area contributed by atoms with Crippen LogP contribution >= 0.6 is 0 Å². The van der Waals surface area contributed by atoms with Crippen molar-refractivity contribution in [2.45, 2.75) is 0 Å². The molecule has 0 saturated heterocycles. The third kappa shape index (κ3) is 2.03. The first-order valence-electron chi connectivity index (χ1n) is 3.56. The molecule has 2 aliphatic rings. The Hall–Kier alpha value is -0.441. The molecular weight excluding hydrogens is 278 g/mol. The molecule has 58 valence electrons. The van der Waals surface area contributed by atoms with Crippen molar-refractivity contribution in [3.63, 3.8) is 0 Å². The normalized spacial score (nSPS) is 17.3. The summed E-state index contributed by atoms with van der Waals surface area (Å²) >= 11 is 1.20. The van der Waals surface area contributed by atoms with Gasteiger partial charge in [-0.3, -0.25) is 0 Å². The van der Waals surface area contributed by atoms with Crippen LogP contribution < -0.4 is 0 Å². The molecule has 0 bridgehead atoms. The van der Waals surface area contributed by atoms with Gasteiger partial charge in [-0.1, -0.05) is 0 Å². The molecule has 0 saturated carbocycles. The van der Waals surface area contributed by atoms with Crippen molar-refractivity contribution in [1.29, 1.82) is 0 Å². The summed E-state index contributed by atoms with van der Waals surface area (Å²) in [5.74, 6) is 0. The summed E-state index contributed by atoms with van der Waals surface area (Å²) < 4.78 is 2.77. The van der Waals surface area contributed by atoms with E-state index >= 15 is 0 Å². The van der Waals surface area contributed by atoms with Crippen LogP contribution in [0.15, 0.2) is 56.9 Å². The number of hydrogen-bond donors (Lipinski definition) is 0. The van der Waals surface area contributed by atoms with Crippen LogP contribution in [0.3, 0.4) is 0 Å². The third-order valence-corrected chi connectivity index (χ3v) is 8.18. The Morgan fingerprint density at radius 3 is 1.67 bits per heavy atom. The van der Waals surface area contributed by atoms with Gasteiger partial charge in [0.15, 0.2) is 0 Å². The number of rotatable bonds is 3. The molecule has 12 heavy (non-hydrogen) atoms. The molecular formula is C10H6Se2. The van der Waals surface area contributed by atoms with E-state index in [2.05, 4.69) is 35.8 Å². The fourth-order valence-electron chi connectivity index (χ4n) is 0.821. The van der Waals surface area contributed by atoms with E-state index in [1.807, 2.05) is 12.2 Å². The van der Waals surface area contributed by atoms with Gasteiger partial charge < -0.3 is 0 Å². The van der Waals surface area contributed by atoms with E-state index in [0.717, 1.165) is 0 Å². The Morgan fingerprint density at radius 2 is 1.33 bits per heavy atom. The van der Waals surface area contributed by atoms with Crippen LogP contribution in [0.4, 0.5) is 0 Å². The van der Waals surface area contributed by atoms with Crippen molar-refractivity contribution in [2.24, 2.45) is 0 Å². The predicted octanol–water partition coefficient (Wildman–Crippen LogP) is 1.53. The molecule has 2 rings (SSSR count). The van der Waals surface area contributed by atoms with Crippen LogP contribution in [0.1, 0.15) is 0 Å². The number of allylic oxidation sites excluding steroid dienone is 6. The molecule has 0 atom stereocenters. The van der Waals surface area contributed by atoms with E-state index in [-0.39, 0.29) is 0 Å². The Balaban J connectivity index is 1.91. The van der Waals surface area contributed by atoms with Crippen LogP contribution in [-0.4, -0.2) is 26.3 Å². The summed E-state index contributed by atoms with van der Waals surface area (Å²) in [4.78, 5) is 0. The van der Waals surface area contributed by atoms with Crippen molar-refractivity contribution in [3.05, 3.63) is 56.9 Å². The quantitative estimate of drug-likeness (QED) is 0.544. The van der Waals surface area contributed by atoms with Crippen LogP contribution in [0.2, 0.25) is 0 Å². The van der Waals surface area contributed by atoms with Gasteiger partial charge in [-0.15, -0.1) is 0 Å². The Morgan fingerprint density at radius 1 is 0.833 bits per heavy atom. The second kappa shape index (κ2) is 3.99. The van der Waals surface area contributed by atoms with Gasteiger partial charge in [0.05, 0.1) is 0 Å². The summed E-state index contributed by atoms with van der Waals surface area (Å²) in [6.07, 6.45) is 12.4. The molecule has 0 aromatic carbocycles. The van der Waals surface area contributed by atoms with Gasteiger partial charge in [0.2, 0.25) is 0 Å². The van der Waals surface area contributed by atoms with Gasteiger partial charge in [0.1, 0.15) is 0 Å². The van der Waals surface area contributed by atoms with Gasteiger partial charge in [0, 0.05) is 0 Å². The monoisotopic (exact) mass is 286 g/mol. The van der Waals surface area contributed by atoms with Gasteiger partial charge in [-0.05, 0) is 0 Å². The average Bonchev–Trinajstić information content (AvgIpc) is 2.74. The third-order valence-electron chi connectivity index (χ3n) is 1.36. The van der Waals surface area contributed by atoms with Crippen LogP contribution in [0, 0.1) is 0 Å². The molecule has 0 unspecified atom stereocenters. The SMILES string of the molecule is C1=CC=CC=1[Se][Se]C1=C=CC=C1. The summed E-state index contributed by atoms with van der Waals surface area (Å²) in [7, 11) is 0. The molecule has 0 fully saturated rings. The van der Waals surface area contributed by atoms with Crippen molar-refractivity contribution < 1.29 is 0 Å². The first-order chi connectivity index (χ1) is 5.95. The van der Waals surface area contributed by atoms with Crippen molar-refractivity contribution in [3.8, 4) is 0 Å². The van der Waals surface area contributed by atoms with E-state index < -0.39 is 0 Å². The molecule has 0 nitrogen and oxygen atoms in total. The first kappa shape index (κ1) is 8.17. The Labute approximate surface area is 83.0 Å². The molecule has 0 aromatic rings. The second-order valence-corrected chi connectivity index (χ2v) is 8.41. The molecule has 0 amide bonds. The zero-order valence-electron chi connectivity index (χ0n) is 6.28. The van der Waals surface area contributed by atoms with Crippen molar-refractivity contribution in [1.82, 2.24) is 0 Å². The summed E-state index contributed by atoms with van der Waals surface area (Å²) in [5, 5.41) is 0. The van der Waals surface area contributed by atoms with E-state index in [1.54, 1.807) is 0 Å². The van der Waals surface area contributed by atoms with E-state index in [9.17, 15) is 0 Å². The summed E-state index contributed by atoms with van der Waals surface area (Å²) in [6, 6.07) is 0. The molecule has 2 aliphatic carbocycles. The zero-order chi connectivity index (χ0) is 8.23. The number of hydrogen-bond acceptors (Lipinski definition) is 0. The molecule has 0 N–H and O–H groups in total. The Bertz CT molecular complexity index is 333. The van der Waals surface area contributed by atoms with Crippen LogP contribution in [0.5, 0.6) is 0 Å². The molecule has 0 radical (unpaired) electrons. The van der Waals surface area contributed by atoms with Gasteiger partial charge in [-0.25, -0.2) is 0 Å². The molecule has 0 heterocycles. The van der Waals surface area contributed by atoms with Crippen LogP contribution in [0.25, 0.3) is 0 Å². The van der Waals surface area contributed by atoms with Crippen molar-refractivity contribution >= 4 is 26.3 Å². The minimum atomic E-state index is 0.599. The molecule has 0 aliphatic heterocycles. The second-order valence-electron chi connectivity index (χ2n) is 2.24. The van der Waals surface area contributed by atoms with Gasteiger partial charge >= 0.3 is 83.1 Å². The summed E-state index contributed by atoms with van der Waals surface area (Å²) in [6.45, 7) is 0. The predicted molar refractivity (Wildman–Crippen MR) is 53.0 cm³/mol. The molecule has 2 heteroatoms.